The molecule has 0 aromatic heterocycles. The SMILES string of the molecule is CC(C)CCCCCCCC=CCCCOC(CCCCCCCCCCCC(C)C)CC(=O)NCC(=O)O. The number of hydrogen-bond donors (Lipinski definition) is 2. The van der Waals surface area contributed by atoms with Crippen LogP contribution in [0, 0.1) is 11.8 Å². The minimum Gasteiger partial charge on any atom is -0.480 e. The minimum atomic E-state index is -1.02. The van der Waals surface area contributed by atoms with E-state index in [1.54, 1.807) is 0 Å². The lowest BCUT2D eigenvalue weighted by molar-refractivity contribution is -0.138. The molecule has 0 heterocycles. The third-order valence-corrected chi connectivity index (χ3v) is 7.35. The Balaban J connectivity index is 3.97. The van der Waals surface area contributed by atoms with E-state index in [0.29, 0.717) is 6.61 Å². The van der Waals surface area contributed by atoms with Gasteiger partial charge in [0.2, 0.25) is 5.91 Å². The van der Waals surface area contributed by atoms with Crippen LogP contribution in [-0.4, -0.2) is 36.2 Å². The van der Waals surface area contributed by atoms with Gasteiger partial charge in [0.1, 0.15) is 6.54 Å². The van der Waals surface area contributed by atoms with Gasteiger partial charge < -0.3 is 15.2 Å². The van der Waals surface area contributed by atoms with Crippen LogP contribution in [0.25, 0.3) is 0 Å². The number of unbranched alkanes of at least 4 members (excludes halogenated alkanes) is 14. The highest BCUT2D eigenvalue weighted by molar-refractivity contribution is 5.81. The Morgan fingerprint density at radius 2 is 1.08 bits per heavy atom. The number of carbonyl (C=O) groups excluding carboxylic acids is 1. The predicted molar refractivity (Wildman–Crippen MR) is 166 cm³/mol. The van der Waals surface area contributed by atoms with Crippen LogP contribution in [0.3, 0.4) is 0 Å². The number of ether oxygens (including phenoxy) is 1. The van der Waals surface area contributed by atoms with E-state index in [1.807, 2.05) is 0 Å². The molecule has 0 aromatic carbocycles. The van der Waals surface area contributed by atoms with Crippen molar-refractivity contribution >= 4 is 11.9 Å². The largest absolute Gasteiger partial charge is 0.480 e. The number of nitrogens with one attached hydrogen (secondary N) is 1. The molecule has 0 aliphatic heterocycles. The molecule has 1 unspecified atom stereocenters. The van der Waals surface area contributed by atoms with Crippen LogP contribution in [0.2, 0.25) is 0 Å². The number of hydrogen-bond acceptors (Lipinski definition) is 3. The van der Waals surface area contributed by atoms with Crippen molar-refractivity contribution in [1.29, 1.82) is 0 Å². The molecule has 39 heavy (non-hydrogen) atoms. The molecule has 1 atom stereocenters. The van der Waals surface area contributed by atoms with Crippen molar-refractivity contribution in [2.45, 2.75) is 169 Å². The first-order chi connectivity index (χ1) is 18.8. The highest BCUT2D eigenvalue weighted by Crippen LogP contribution is 2.16. The molecule has 2 N–H and O–H groups in total. The standard InChI is InChI=1S/C34H65NO4/c1-30(2)24-20-16-12-8-5-6-11-15-19-23-27-39-32(28-33(36)35-29-34(37)38)26-22-18-14-10-7-9-13-17-21-25-31(3)4/h11,15,30-32H,5-10,12-14,16-29H2,1-4H3,(H,35,36)(H,37,38). The van der Waals surface area contributed by atoms with Crippen LogP contribution in [0.4, 0.5) is 0 Å². The first-order valence-electron chi connectivity index (χ1n) is 16.6. The molecule has 0 aliphatic rings. The highest BCUT2D eigenvalue weighted by atomic mass is 16.5. The zero-order chi connectivity index (χ0) is 29.0. The number of amides is 1. The van der Waals surface area contributed by atoms with Gasteiger partial charge in [0.05, 0.1) is 12.5 Å². The lowest BCUT2D eigenvalue weighted by Crippen LogP contribution is -2.32. The fourth-order valence-electron chi connectivity index (χ4n) is 4.89. The zero-order valence-electron chi connectivity index (χ0n) is 26.3. The van der Waals surface area contributed by atoms with Crippen LogP contribution < -0.4 is 5.32 Å². The molecule has 5 nitrogen and oxygen atoms in total. The van der Waals surface area contributed by atoms with Crippen LogP contribution in [-0.2, 0) is 14.3 Å². The monoisotopic (exact) mass is 551 g/mol. The minimum absolute atomic E-state index is 0.126. The molecule has 0 aromatic rings. The highest BCUT2D eigenvalue weighted by Gasteiger charge is 2.15. The summed E-state index contributed by atoms with van der Waals surface area (Å²) in [6, 6.07) is 0. The Labute approximate surface area is 242 Å². The third kappa shape index (κ3) is 31.0. The van der Waals surface area contributed by atoms with Crippen molar-refractivity contribution in [2.24, 2.45) is 11.8 Å². The molecule has 0 spiro atoms. The van der Waals surface area contributed by atoms with Gasteiger partial charge in [-0.2, -0.15) is 0 Å². The molecule has 5 heteroatoms. The topological polar surface area (TPSA) is 75.6 Å². The number of carbonyl (C=O) groups is 2. The fraction of sp³-hybridized carbons (Fsp3) is 0.882. The van der Waals surface area contributed by atoms with Crippen molar-refractivity contribution in [1.82, 2.24) is 5.32 Å². The molecular weight excluding hydrogens is 486 g/mol. The van der Waals surface area contributed by atoms with Crippen molar-refractivity contribution in [2.75, 3.05) is 13.2 Å². The average Bonchev–Trinajstić information content (AvgIpc) is 2.88. The lowest BCUT2D eigenvalue weighted by atomic mass is 10.0. The molecule has 0 rings (SSSR count). The van der Waals surface area contributed by atoms with E-state index in [-0.39, 0.29) is 25.0 Å². The van der Waals surface area contributed by atoms with Gasteiger partial charge in [-0.05, 0) is 43.9 Å². The Kier molecular flexibility index (Phi) is 27.2. The van der Waals surface area contributed by atoms with E-state index in [1.165, 1.54) is 96.3 Å². The molecule has 0 radical (unpaired) electrons. The molecule has 0 saturated carbocycles. The van der Waals surface area contributed by atoms with Gasteiger partial charge in [-0.15, -0.1) is 0 Å². The Bertz CT molecular complexity index is 588. The van der Waals surface area contributed by atoms with Gasteiger partial charge in [-0.3, -0.25) is 9.59 Å². The molecule has 0 bridgehead atoms. The average molecular weight is 552 g/mol. The molecule has 0 aliphatic carbocycles. The zero-order valence-corrected chi connectivity index (χ0v) is 26.3. The van der Waals surface area contributed by atoms with Gasteiger partial charge in [0.15, 0.2) is 0 Å². The Hall–Kier alpha value is -1.36. The summed E-state index contributed by atoms with van der Waals surface area (Å²) >= 11 is 0. The number of carboxylic acids is 1. The summed E-state index contributed by atoms with van der Waals surface area (Å²) in [7, 11) is 0. The normalized spacial score (nSPS) is 12.6. The number of aliphatic carboxylic acids is 1. The first-order valence-corrected chi connectivity index (χ1v) is 16.6. The summed E-state index contributed by atoms with van der Waals surface area (Å²) in [5.41, 5.74) is 0. The van der Waals surface area contributed by atoms with Crippen molar-refractivity contribution < 1.29 is 19.4 Å². The van der Waals surface area contributed by atoms with E-state index >= 15 is 0 Å². The van der Waals surface area contributed by atoms with Crippen molar-refractivity contribution in [3.8, 4) is 0 Å². The fourth-order valence-corrected chi connectivity index (χ4v) is 4.89. The number of carboxylic acid groups (broad SMARTS) is 1. The van der Waals surface area contributed by atoms with Crippen LogP contribution in [0.5, 0.6) is 0 Å². The maximum Gasteiger partial charge on any atom is 0.322 e. The predicted octanol–water partition coefficient (Wildman–Crippen LogP) is 9.63. The second-order valence-electron chi connectivity index (χ2n) is 12.4. The summed E-state index contributed by atoms with van der Waals surface area (Å²) < 4.78 is 6.08. The summed E-state index contributed by atoms with van der Waals surface area (Å²) in [4.78, 5) is 22.9. The lowest BCUT2D eigenvalue weighted by Gasteiger charge is -2.17. The summed E-state index contributed by atoms with van der Waals surface area (Å²) in [6.07, 6.45) is 29.6. The van der Waals surface area contributed by atoms with E-state index < -0.39 is 5.97 Å². The van der Waals surface area contributed by atoms with E-state index in [2.05, 4.69) is 45.2 Å². The quantitative estimate of drug-likeness (QED) is 0.0716. The maximum absolute atomic E-state index is 12.2. The van der Waals surface area contributed by atoms with Crippen molar-refractivity contribution in [3.63, 3.8) is 0 Å². The number of rotatable bonds is 29. The second-order valence-corrected chi connectivity index (χ2v) is 12.4. The van der Waals surface area contributed by atoms with Crippen LogP contribution in [0.1, 0.15) is 163 Å². The summed E-state index contributed by atoms with van der Waals surface area (Å²) in [6.45, 7) is 9.52. The summed E-state index contributed by atoms with van der Waals surface area (Å²) in [5, 5.41) is 11.3. The smallest absolute Gasteiger partial charge is 0.322 e. The van der Waals surface area contributed by atoms with Crippen molar-refractivity contribution in [3.05, 3.63) is 12.2 Å². The van der Waals surface area contributed by atoms with Crippen LogP contribution >= 0.6 is 0 Å². The molecule has 230 valence electrons. The van der Waals surface area contributed by atoms with E-state index in [9.17, 15) is 9.59 Å². The van der Waals surface area contributed by atoms with Gasteiger partial charge in [0, 0.05) is 6.61 Å². The van der Waals surface area contributed by atoms with Crippen LogP contribution in [0.15, 0.2) is 12.2 Å². The van der Waals surface area contributed by atoms with E-state index in [0.717, 1.165) is 43.9 Å². The third-order valence-electron chi connectivity index (χ3n) is 7.35. The van der Waals surface area contributed by atoms with Gasteiger partial charge in [-0.1, -0.05) is 136 Å². The molecule has 0 saturated heterocycles. The Morgan fingerprint density at radius 1 is 0.641 bits per heavy atom. The second kappa shape index (κ2) is 28.2. The molecule has 1 amide bonds. The number of allylic oxidation sites excluding steroid dienone is 2. The summed E-state index contributed by atoms with van der Waals surface area (Å²) in [5.74, 6) is 0.407. The molecular formula is C34H65NO4. The van der Waals surface area contributed by atoms with Gasteiger partial charge in [-0.25, -0.2) is 0 Å². The molecule has 0 fully saturated rings. The van der Waals surface area contributed by atoms with E-state index in [4.69, 9.17) is 9.84 Å². The first kappa shape index (κ1) is 37.6. The van der Waals surface area contributed by atoms with Gasteiger partial charge in [0.25, 0.3) is 0 Å². The Morgan fingerprint density at radius 3 is 1.56 bits per heavy atom. The van der Waals surface area contributed by atoms with Gasteiger partial charge >= 0.3 is 5.97 Å². The maximum atomic E-state index is 12.2.